The van der Waals surface area contributed by atoms with Gasteiger partial charge in [-0.25, -0.2) is 0 Å². The molecule has 3 heteroatoms. The Morgan fingerprint density at radius 2 is 2.32 bits per heavy atom. The van der Waals surface area contributed by atoms with Crippen molar-refractivity contribution in [1.29, 1.82) is 0 Å². The smallest absolute Gasteiger partial charge is 0.216 e. The highest BCUT2D eigenvalue weighted by molar-refractivity contribution is 5.72. The topological polar surface area (TPSA) is 38.3 Å². The van der Waals surface area contributed by atoms with Gasteiger partial charge in [-0.2, -0.15) is 0 Å². The normalized spacial score (nSPS) is 23.7. The molecule has 3 rings (SSSR count). The summed E-state index contributed by atoms with van der Waals surface area (Å²) in [6.45, 7) is 5.49. The number of fused-ring (bicyclic) bond motifs is 3. The molecule has 3 nitrogen and oxygen atoms in total. The second-order valence-electron chi connectivity index (χ2n) is 5.77. The summed E-state index contributed by atoms with van der Waals surface area (Å²) < 4.78 is 5.68. The van der Waals surface area contributed by atoms with Gasteiger partial charge in [0.15, 0.2) is 0 Å². The van der Waals surface area contributed by atoms with Gasteiger partial charge in [0.2, 0.25) is 5.91 Å². The highest BCUT2D eigenvalue weighted by Gasteiger charge is 2.33. The van der Waals surface area contributed by atoms with Gasteiger partial charge < -0.3 is 10.1 Å². The monoisotopic (exact) mass is 259 g/mol. The molecule has 1 amide bonds. The zero-order valence-corrected chi connectivity index (χ0v) is 11.7. The van der Waals surface area contributed by atoms with Gasteiger partial charge in [-0.15, -0.1) is 0 Å². The van der Waals surface area contributed by atoms with Crippen molar-refractivity contribution in [3.8, 4) is 5.75 Å². The number of carbonyl (C=O) groups excluding carboxylic acids is 1. The summed E-state index contributed by atoms with van der Waals surface area (Å²) in [5.41, 5.74) is 4.44. The molecule has 1 heterocycles. The van der Waals surface area contributed by atoms with Crippen molar-refractivity contribution < 1.29 is 9.53 Å². The van der Waals surface area contributed by atoms with Crippen LogP contribution in [-0.4, -0.2) is 19.1 Å². The van der Waals surface area contributed by atoms with Gasteiger partial charge in [0.25, 0.3) is 0 Å². The summed E-state index contributed by atoms with van der Waals surface area (Å²) in [4.78, 5) is 11.0. The fraction of sp³-hybridized carbons (Fsp3) is 0.562. The van der Waals surface area contributed by atoms with E-state index in [0.717, 1.165) is 38.2 Å². The van der Waals surface area contributed by atoms with E-state index in [4.69, 9.17) is 4.74 Å². The molecule has 1 aliphatic carbocycles. The Bertz CT molecular complexity index is 510. The molecule has 1 aromatic carbocycles. The molecular formula is C16H21NO2. The molecule has 2 unspecified atom stereocenters. The Balaban J connectivity index is 1.84. The van der Waals surface area contributed by atoms with Crippen molar-refractivity contribution in [2.24, 2.45) is 5.92 Å². The van der Waals surface area contributed by atoms with E-state index in [9.17, 15) is 4.79 Å². The minimum Gasteiger partial charge on any atom is -0.493 e. The lowest BCUT2D eigenvalue weighted by Gasteiger charge is -2.18. The summed E-state index contributed by atoms with van der Waals surface area (Å²) in [6.07, 6.45) is 3.24. The van der Waals surface area contributed by atoms with Crippen LogP contribution in [-0.2, 0) is 17.6 Å². The maximum Gasteiger partial charge on any atom is 0.216 e. The van der Waals surface area contributed by atoms with Crippen LogP contribution in [0.1, 0.15) is 42.9 Å². The van der Waals surface area contributed by atoms with Crippen molar-refractivity contribution in [2.45, 2.75) is 39.0 Å². The molecule has 0 aromatic heterocycles. The van der Waals surface area contributed by atoms with Gasteiger partial charge in [0, 0.05) is 25.5 Å². The van der Waals surface area contributed by atoms with Crippen LogP contribution < -0.4 is 10.1 Å². The zero-order valence-electron chi connectivity index (χ0n) is 11.7. The van der Waals surface area contributed by atoms with Crippen LogP contribution in [0, 0.1) is 5.92 Å². The first-order chi connectivity index (χ1) is 9.16. The average molecular weight is 259 g/mol. The minimum absolute atomic E-state index is 0.0625. The third kappa shape index (κ3) is 2.22. The first-order valence-corrected chi connectivity index (χ1v) is 7.18. The minimum atomic E-state index is 0.0625. The molecule has 0 saturated heterocycles. The molecule has 1 aliphatic heterocycles. The number of rotatable bonds is 3. The maximum absolute atomic E-state index is 11.0. The Labute approximate surface area is 114 Å². The van der Waals surface area contributed by atoms with Crippen molar-refractivity contribution >= 4 is 5.91 Å². The quantitative estimate of drug-likeness (QED) is 0.905. The second kappa shape index (κ2) is 4.87. The average Bonchev–Trinajstić information content (AvgIpc) is 2.93. The molecule has 0 saturated carbocycles. The van der Waals surface area contributed by atoms with E-state index in [2.05, 4.69) is 24.4 Å². The van der Waals surface area contributed by atoms with Crippen LogP contribution in [0.2, 0.25) is 0 Å². The molecule has 0 fully saturated rings. The molecule has 102 valence electrons. The predicted molar refractivity (Wildman–Crippen MR) is 74.6 cm³/mol. The first-order valence-electron chi connectivity index (χ1n) is 7.18. The lowest BCUT2D eigenvalue weighted by Crippen LogP contribution is -2.23. The molecule has 0 bridgehead atoms. The van der Waals surface area contributed by atoms with E-state index in [1.165, 1.54) is 16.7 Å². The van der Waals surface area contributed by atoms with Gasteiger partial charge in [0.1, 0.15) is 5.75 Å². The van der Waals surface area contributed by atoms with Gasteiger partial charge in [0.05, 0.1) is 6.61 Å². The molecule has 0 spiro atoms. The van der Waals surface area contributed by atoms with E-state index in [-0.39, 0.29) is 5.91 Å². The second-order valence-corrected chi connectivity index (χ2v) is 5.77. The molecule has 2 atom stereocenters. The Kier molecular flexibility index (Phi) is 3.21. The number of carbonyl (C=O) groups is 1. The van der Waals surface area contributed by atoms with Crippen molar-refractivity contribution in [2.75, 3.05) is 13.2 Å². The van der Waals surface area contributed by atoms with Gasteiger partial charge in [-0.1, -0.05) is 13.0 Å². The summed E-state index contributed by atoms with van der Waals surface area (Å²) in [7, 11) is 0. The highest BCUT2D eigenvalue weighted by atomic mass is 16.5. The van der Waals surface area contributed by atoms with E-state index >= 15 is 0 Å². The van der Waals surface area contributed by atoms with E-state index < -0.39 is 0 Å². The third-order valence-electron chi connectivity index (χ3n) is 4.44. The summed E-state index contributed by atoms with van der Waals surface area (Å²) in [6, 6.07) is 4.36. The van der Waals surface area contributed by atoms with Crippen molar-refractivity contribution in [3.05, 3.63) is 28.8 Å². The van der Waals surface area contributed by atoms with Crippen LogP contribution in [0.25, 0.3) is 0 Å². The van der Waals surface area contributed by atoms with E-state index in [1.54, 1.807) is 6.92 Å². The number of ether oxygens (including phenoxy) is 1. The van der Waals surface area contributed by atoms with E-state index in [0.29, 0.717) is 11.8 Å². The van der Waals surface area contributed by atoms with Crippen LogP contribution >= 0.6 is 0 Å². The van der Waals surface area contributed by atoms with E-state index in [1.807, 2.05) is 0 Å². The third-order valence-corrected chi connectivity index (χ3v) is 4.44. The maximum atomic E-state index is 11.0. The Morgan fingerprint density at radius 3 is 3.11 bits per heavy atom. The summed E-state index contributed by atoms with van der Waals surface area (Å²) in [5.74, 6) is 2.37. The van der Waals surface area contributed by atoms with Gasteiger partial charge in [-0.3, -0.25) is 4.79 Å². The van der Waals surface area contributed by atoms with Gasteiger partial charge in [-0.05, 0) is 41.9 Å². The van der Waals surface area contributed by atoms with Crippen LogP contribution in [0.15, 0.2) is 12.1 Å². The Hall–Kier alpha value is -1.51. The number of hydrogen-bond acceptors (Lipinski definition) is 2. The molecule has 1 N–H and O–H groups in total. The van der Waals surface area contributed by atoms with Gasteiger partial charge >= 0.3 is 0 Å². The predicted octanol–water partition coefficient (Wildman–Crippen LogP) is 2.42. The molecule has 1 aromatic rings. The summed E-state index contributed by atoms with van der Waals surface area (Å²) >= 11 is 0. The SMILES string of the molecule is CC(=O)NCCC1c2c(ccc3c2CCO3)CC1C. The van der Waals surface area contributed by atoms with Crippen molar-refractivity contribution in [3.63, 3.8) is 0 Å². The first kappa shape index (κ1) is 12.5. The zero-order chi connectivity index (χ0) is 13.4. The molecule has 0 radical (unpaired) electrons. The lowest BCUT2D eigenvalue weighted by molar-refractivity contribution is -0.118. The fourth-order valence-corrected chi connectivity index (χ4v) is 3.60. The highest BCUT2D eigenvalue weighted by Crippen LogP contribution is 2.45. The fourth-order valence-electron chi connectivity index (χ4n) is 3.60. The standard InChI is InChI=1S/C16H21NO2/c1-10-9-12-3-4-15-14(6-8-19-15)16(12)13(10)5-7-17-11(2)18/h3-4,10,13H,5-9H2,1-2H3,(H,17,18). The number of nitrogens with one attached hydrogen (secondary N) is 1. The van der Waals surface area contributed by atoms with Crippen LogP contribution in [0.5, 0.6) is 5.75 Å². The lowest BCUT2D eigenvalue weighted by atomic mass is 9.87. The largest absolute Gasteiger partial charge is 0.493 e. The molecule has 2 aliphatic rings. The molecular weight excluding hydrogens is 238 g/mol. The molecule has 19 heavy (non-hydrogen) atoms. The van der Waals surface area contributed by atoms with Crippen molar-refractivity contribution in [1.82, 2.24) is 5.32 Å². The van der Waals surface area contributed by atoms with Crippen LogP contribution in [0.3, 0.4) is 0 Å². The Morgan fingerprint density at radius 1 is 1.47 bits per heavy atom. The van der Waals surface area contributed by atoms with Crippen LogP contribution in [0.4, 0.5) is 0 Å². The number of amides is 1. The summed E-state index contributed by atoms with van der Waals surface area (Å²) in [5, 5.41) is 2.92. The number of benzene rings is 1. The number of hydrogen-bond donors (Lipinski definition) is 1.